The van der Waals surface area contributed by atoms with E-state index in [2.05, 4.69) is 11.4 Å². The number of hydrogen-bond acceptors (Lipinski definition) is 4. The molecule has 0 aromatic heterocycles. The Bertz CT molecular complexity index is 748. The number of anilines is 1. The topological polar surface area (TPSA) is 70.0 Å². The van der Waals surface area contributed by atoms with Crippen LogP contribution in [0.2, 0.25) is 0 Å². The lowest BCUT2D eigenvalue weighted by atomic mass is 10.1. The van der Waals surface area contributed by atoms with Gasteiger partial charge in [-0.1, -0.05) is 18.2 Å². The molecule has 23 heavy (non-hydrogen) atoms. The maximum absolute atomic E-state index is 12.1. The summed E-state index contributed by atoms with van der Waals surface area (Å²) in [6.07, 6.45) is 0. The molecular weight excluding hydrogens is 308 g/mol. The van der Waals surface area contributed by atoms with Crippen LogP contribution in [0.1, 0.15) is 28.4 Å². The number of nitrogens with one attached hydrogen (secondary N) is 1. The highest BCUT2D eigenvalue weighted by Crippen LogP contribution is 2.18. The summed E-state index contributed by atoms with van der Waals surface area (Å²) in [7, 11) is 0. The van der Waals surface area contributed by atoms with Crippen LogP contribution in [0.25, 0.3) is 0 Å². The Morgan fingerprint density at radius 1 is 1.13 bits per heavy atom. The van der Waals surface area contributed by atoms with Crippen molar-refractivity contribution in [2.75, 3.05) is 11.1 Å². The number of carbonyl (C=O) groups excluding carboxylic acids is 2. The summed E-state index contributed by atoms with van der Waals surface area (Å²) in [5, 5.41) is 11.7. The predicted octanol–water partition coefficient (Wildman–Crippen LogP) is 3.63. The molecule has 0 spiro atoms. The van der Waals surface area contributed by atoms with Gasteiger partial charge < -0.3 is 5.32 Å². The van der Waals surface area contributed by atoms with Crippen molar-refractivity contribution in [3.63, 3.8) is 0 Å². The zero-order chi connectivity index (χ0) is 16.7. The number of carbonyl (C=O) groups is 2. The molecule has 0 bridgehead atoms. The number of Topliss-reactive ketones (excluding diaryl/α,β-unsaturated/α-hetero) is 1. The van der Waals surface area contributed by atoms with E-state index in [1.54, 1.807) is 30.3 Å². The molecule has 1 N–H and O–H groups in total. The van der Waals surface area contributed by atoms with Gasteiger partial charge in [0, 0.05) is 23.9 Å². The molecule has 1 amide bonds. The van der Waals surface area contributed by atoms with E-state index in [4.69, 9.17) is 5.26 Å². The monoisotopic (exact) mass is 324 g/mol. The van der Waals surface area contributed by atoms with Gasteiger partial charge >= 0.3 is 0 Å². The van der Waals surface area contributed by atoms with Gasteiger partial charge in [-0.15, -0.1) is 11.8 Å². The molecule has 0 heterocycles. The second-order valence-corrected chi connectivity index (χ2v) is 5.93. The van der Waals surface area contributed by atoms with Crippen molar-refractivity contribution in [3.8, 4) is 6.07 Å². The normalized spacial score (nSPS) is 9.91. The smallest absolute Gasteiger partial charge is 0.221 e. The molecule has 0 unspecified atom stereocenters. The van der Waals surface area contributed by atoms with E-state index in [9.17, 15) is 9.59 Å². The molecule has 0 atom stereocenters. The van der Waals surface area contributed by atoms with E-state index >= 15 is 0 Å². The lowest BCUT2D eigenvalue weighted by Gasteiger charge is -2.05. The molecule has 0 radical (unpaired) electrons. The molecule has 0 aliphatic rings. The highest BCUT2D eigenvalue weighted by Gasteiger charge is 2.08. The van der Waals surface area contributed by atoms with Crippen LogP contribution in [0.5, 0.6) is 0 Å². The van der Waals surface area contributed by atoms with Gasteiger partial charge in [-0.3, -0.25) is 9.59 Å². The maximum Gasteiger partial charge on any atom is 0.221 e. The number of amides is 1. The van der Waals surface area contributed by atoms with E-state index in [1.165, 1.54) is 18.7 Å². The average Bonchev–Trinajstić information content (AvgIpc) is 2.55. The Kier molecular flexibility index (Phi) is 5.95. The van der Waals surface area contributed by atoms with Crippen molar-refractivity contribution < 1.29 is 9.59 Å². The number of rotatable bonds is 6. The van der Waals surface area contributed by atoms with Gasteiger partial charge in [0.25, 0.3) is 0 Å². The first-order valence-corrected chi connectivity index (χ1v) is 8.22. The summed E-state index contributed by atoms with van der Waals surface area (Å²) >= 11 is 1.48. The molecule has 0 fully saturated rings. The summed E-state index contributed by atoms with van der Waals surface area (Å²) in [4.78, 5) is 23.1. The average molecular weight is 324 g/mol. The molecule has 5 heteroatoms. The Morgan fingerprint density at radius 2 is 1.83 bits per heavy atom. The molecular formula is C18H16N2O2S. The van der Waals surface area contributed by atoms with Crippen LogP contribution >= 0.6 is 11.8 Å². The fourth-order valence-electron chi connectivity index (χ4n) is 2.03. The standard InChI is InChI=1S/C18H16N2O2S/c1-13(21)20-17-8-6-14(7-9-17)18(22)12-23-11-16-5-3-2-4-15(16)10-19/h2-9H,11-12H2,1H3,(H,20,21). The predicted molar refractivity (Wildman–Crippen MR) is 92.4 cm³/mol. The van der Waals surface area contributed by atoms with Crippen LogP contribution < -0.4 is 5.32 Å². The Balaban J connectivity index is 1.90. The number of nitrogens with zero attached hydrogens (tertiary/aromatic N) is 1. The third-order valence-electron chi connectivity index (χ3n) is 3.16. The van der Waals surface area contributed by atoms with Gasteiger partial charge in [0.15, 0.2) is 5.78 Å². The van der Waals surface area contributed by atoms with E-state index in [0.29, 0.717) is 28.3 Å². The third-order valence-corrected chi connectivity index (χ3v) is 4.14. The molecule has 2 aromatic carbocycles. The van der Waals surface area contributed by atoms with Crippen molar-refractivity contribution in [1.82, 2.24) is 0 Å². The van der Waals surface area contributed by atoms with Crippen molar-refractivity contribution in [2.24, 2.45) is 0 Å². The van der Waals surface area contributed by atoms with Crippen LogP contribution in [0.3, 0.4) is 0 Å². The van der Waals surface area contributed by atoms with Crippen LogP contribution in [0.15, 0.2) is 48.5 Å². The summed E-state index contributed by atoms with van der Waals surface area (Å²) < 4.78 is 0. The first-order valence-electron chi connectivity index (χ1n) is 7.07. The van der Waals surface area contributed by atoms with Crippen molar-refractivity contribution in [3.05, 3.63) is 65.2 Å². The van der Waals surface area contributed by atoms with Crippen LogP contribution in [0.4, 0.5) is 5.69 Å². The van der Waals surface area contributed by atoms with E-state index in [1.807, 2.05) is 18.2 Å². The van der Waals surface area contributed by atoms with Crippen molar-refractivity contribution in [1.29, 1.82) is 5.26 Å². The molecule has 0 saturated heterocycles. The Hall–Kier alpha value is -2.58. The fraction of sp³-hybridized carbons (Fsp3) is 0.167. The first kappa shape index (κ1) is 16.8. The molecule has 4 nitrogen and oxygen atoms in total. The third kappa shape index (κ3) is 4.97. The van der Waals surface area contributed by atoms with Crippen LogP contribution in [-0.2, 0) is 10.5 Å². The number of benzene rings is 2. The van der Waals surface area contributed by atoms with Gasteiger partial charge in [-0.25, -0.2) is 0 Å². The van der Waals surface area contributed by atoms with Crippen molar-refractivity contribution >= 4 is 29.1 Å². The SMILES string of the molecule is CC(=O)Nc1ccc(C(=O)CSCc2ccccc2C#N)cc1. The molecule has 116 valence electrons. The zero-order valence-electron chi connectivity index (χ0n) is 12.7. The zero-order valence-corrected chi connectivity index (χ0v) is 13.5. The van der Waals surface area contributed by atoms with Gasteiger partial charge in [0.1, 0.15) is 0 Å². The summed E-state index contributed by atoms with van der Waals surface area (Å²) in [5.74, 6) is 0.855. The minimum Gasteiger partial charge on any atom is -0.326 e. The van der Waals surface area contributed by atoms with Gasteiger partial charge in [-0.05, 0) is 35.9 Å². The highest BCUT2D eigenvalue weighted by molar-refractivity contribution is 7.99. The Labute approximate surface area is 139 Å². The quantitative estimate of drug-likeness (QED) is 0.824. The lowest BCUT2D eigenvalue weighted by Crippen LogP contribution is -2.07. The van der Waals surface area contributed by atoms with E-state index in [-0.39, 0.29) is 11.7 Å². The van der Waals surface area contributed by atoms with E-state index < -0.39 is 0 Å². The van der Waals surface area contributed by atoms with Gasteiger partial charge in [0.05, 0.1) is 17.4 Å². The number of hydrogen-bond donors (Lipinski definition) is 1. The van der Waals surface area contributed by atoms with Crippen LogP contribution in [0, 0.1) is 11.3 Å². The minimum atomic E-state index is -0.143. The number of thioether (sulfide) groups is 1. The molecule has 0 saturated carbocycles. The number of ketones is 1. The second kappa shape index (κ2) is 8.16. The highest BCUT2D eigenvalue weighted by atomic mass is 32.2. The first-order chi connectivity index (χ1) is 11.1. The number of nitriles is 1. The van der Waals surface area contributed by atoms with Crippen LogP contribution in [-0.4, -0.2) is 17.4 Å². The maximum atomic E-state index is 12.1. The summed E-state index contributed by atoms with van der Waals surface area (Å²) in [5.41, 5.74) is 2.87. The summed E-state index contributed by atoms with van der Waals surface area (Å²) in [6.45, 7) is 1.44. The molecule has 2 aromatic rings. The molecule has 2 rings (SSSR count). The van der Waals surface area contributed by atoms with E-state index in [0.717, 1.165) is 5.56 Å². The largest absolute Gasteiger partial charge is 0.326 e. The Morgan fingerprint density at radius 3 is 2.48 bits per heavy atom. The molecule has 0 aliphatic carbocycles. The minimum absolute atomic E-state index is 0.0267. The lowest BCUT2D eigenvalue weighted by molar-refractivity contribution is -0.114. The van der Waals surface area contributed by atoms with Gasteiger partial charge in [-0.2, -0.15) is 5.26 Å². The molecule has 0 aliphatic heterocycles. The fourth-order valence-corrected chi connectivity index (χ4v) is 2.96. The van der Waals surface area contributed by atoms with Gasteiger partial charge in [0.2, 0.25) is 5.91 Å². The summed E-state index contributed by atoms with van der Waals surface area (Å²) in [6, 6.07) is 16.4. The van der Waals surface area contributed by atoms with Crippen molar-refractivity contribution in [2.45, 2.75) is 12.7 Å². The second-order valence-electron chi connectivity index (χ2n) is 4.94.